The third-order valence-electron chi connectivity index (χ3n) is 2.94. The fourth-order valence-electron chi connectivity index (χ4n) is 1.94. The Labute approximate surface area is 119 Å². The predicted octanol–water partition coefficient (Wildman–Crippen LogP) is 1.21. The van der Waals surface area contributed by atoms with Crippen molar-refractivity contribution in [3.05, 3.63) is 38.9 Å². The van der Waals surface area contributed by atoms with Gasteiger partial charge in [-0.3, -0.25) is 19.7 Å². The zero-order valence-electron chi connectivity index (χ0n) is 10.5. The van der Waals surface area contributed by atoms with Crippen LogP contribution in [-0.4, -0.2) is 41.3 Å². The van der Waals surface area contributed by atoms with E-state index in [4.69, 9.17) is 11.6 Å². The lowest BCUT2D eigenvalue weighted by molar-refractivity contribution is -0.384. The summed E-state index contributed by atoms with van der Waals surface area (Å²) in [6.07, 6.45) is 0.629. The standard InChI is InChI=1S/C12H12ClN3O4/c13-10-3-2-8(16(19)20)6-9(10)12(18)15-5-1-4-14-11(17)7-15/h2-3,6H,1,4-5,7H2,(H,14,17). The highest BCUT2D eigenvalue weighted by Gasteiger charge is 2.24. The summed E-state index contributed by atoms with van der Waals surface area (Å²) < 4.78 is 0. The Hall–Kier alpha value is -2.15. The number of nitrogens with one attached hydrogen (secondary N) is 1. The monoisotopic (exact) mass is 297 g/mol. The van der Waals surface area contributed by atoms with Gasteiger partial charge in [0.15, 0.2) is 0 Å². The van der Waals surface area contributed by atoms with Gasteiger partial charge >= 0.3 is 0 Å². The number of nitrogens with zero attached hydrogens (tertiary/aromatic N) is 2. The van der Waals surface area contributed by atoms with E-state index in [1.54, 1.807) is 0 Å². The SMILES string of the molecule is O=C1CN(C(=O)c2cc([N+](=O)[O-])ccc2Cl)CCCN1. The van der Waals surface area contributed by atoms with Crippen molar-refractivity contribution < 1.29 is 14.5 Å². The minimum atomic E-state index is -0.595. The second-order valence-corrected chi connectivity index (χ2v) is 4.76. The number of benzene rings is 1. The molecule has 2 rings (SSSR count). The van der Waals surface area contributed by atoms with Crippen molar-refractivity contribution >= 4 is 29.1 Å². The second kappa shape index (κ2) is 5.87. The van der Waals surface area contributed by atoms with Crippen LogP contribution < -0.4 is 5.32 Å². The van der Waals surface area contributed by atoms with Crippen molar-refractivity contribution in [3.8, 4) is 0 Å². The van der Waals surface area contributed by atoms with Crippen LogP contribution in [0.3, 0.4) is 0 Å². The maximum Gasteiger partial charge on any atom is 0.270 e. The van der Waals surface area contributed by atoms with Crippen molar-refractivity contribution in [1.29, 1.82) is 0 Å². The number of rotatable bonds is 2. The first kappa shape index (κ1) is 14.3. The number of nitro groups is 1. The van der Waals surface area contributed by atoms with E-state index in [-0.39, 0.29) is 28.7 Å². The molecule has 7 nitrogen and oxygen atoms in total. The first-order chi connectivity index (χ1) is 9.49. The van der Waals surface area contributed by atoms with E-state index in [2.05, 4.69) is 5.32 Å². The van der Waals surface area contributed by atoms with Crippen LogP contribution in [0.25, 0.3) is 0 Å². The molecular weight excluding hydrogens is 286 g/mol. The summed E-state index contributed by atoms with van der Waals surface area (Å²) in [5.74, 6) is -0.729. The second-order valence-electron chi connectivity index (χ2n) is 4.35. The number of carbonyl (C=O) groups is 2. The molecule has 8 heteroatoms. The number of non-ortho nitro benzene ring substituents is 1. The van der Waals surface area contributed by atoms with E-state index in [0.29, 0.717) is 19.5 Å². The van der Waals surface area contributed by atoms with E-state index in [1.165, 1.54) is 17.0 Å². The number of nitro benzene ring substituents is 1. The lowest BCUT2D eigenvalue weighted by Gasteiger charge is -2.19. The van der Waals surface area contributed by atoms with E-state index >= 15 is 0 Å². The summed E-state index contributed by atoms with van der Waals surface area (Å²) in [6.45, 7) is 0.833. The van der Waals surface area contributed by atoms with Gasteiger partial charge in [-0.1, -0.05) is 11.6 Å². The molecular formula is C12H12ClN3O4. The van der Waals surface area contributed by atoms with Crippen LogP contribution in [0.1, 0.15) is 16.8 Å². The third-order valence-corrected chi connectivity index (χ3v) is 3.27. The van der Waals surface area contributed by atoms with Crippen LogP contribution in [0, 0.1) is 10.1 Å². The zero-order chi connectivity index (χ0) is 14.7. The van der Waals surface area contributed by atoms with E-state index in [1.807, 2.05) is 0 Å². The smallest absolute Gasteiger partial charge is 0.270 e. The lowest BCUT2D eigenvalue weighted by atomic mass is 10.1. The molecule has 1 aliphatic heterocycles. The molecule has 0 aliphatic carbocycles. The van der Waals surface area contributed by atoms with Crippen LogP contribution in [-0.2, 0) is 4.79 Å². The normalized spacial score (nSPS) is 15.4. The van der Waals surface area contributed by atoms with Crippen molar-refractivity contribution in [2.45, 2.75) is 6.42 Å². The molecule has 1 aromatic carbocycles. The largest absolute Gasteiger partial charge is 0.354 e. The fourth-order valence-corrected chi connectivity index (χ4v) is 2.14. The Morgan fingerprint density at radius 1 is 1.45 bits per heavy atom. The van der Waals surface area contributed by atoms with Crippen LogP contribution >= 0.6 is 11.6 Å². The molecule has 0 atom stereocenters. The average molecular weight is 298 g/mol. The Kier molecular flexibility index (Phi) is 4.19. The van der Waals surface area contributed by atoms with Crippen molar-refractivity contribution in [3.63, 3.8) is 0 Å². The van der Waals surface area contributed by atoms with Gasteiger partial charge in [0, 0.05) is 25.2 Å². The Balaban J connectivity index is 2.29. The minimum absolute atomic E-state index is 0.0376. The minimum Gasteiger partial charge on any atom is -0.354 e. The van der Waals surface area contributed by atoms with Gasteiger partial charge in [0.1, 0.15) is 0 Å². The molecule has 106 valence electrons. The van der Waals surface area contributed by atoms with E-state index in [9.17, 15) is 19.7 Å². The molecule has 0 spiro atoms. The Morgan fingerprint density at radius 2 is 2.20 bits per heavy atom. The van der Waals surface area contributed by atoms with Gasteiger partial charge < -0.3 is 10.2 Å². The summed E-state index contributed by atoms with van der Waals surface area (Å²) in [6, 6.07) is 3.67. The zero-order valence-corrected chi connectivity index (χ0v) is 11.2. The molecule has 1 N–H and O–H groups in total. The van der Waals surface area contributed by atoms with Gasteiger partial charge in [-0.15, -0.1) is 0 Å². The maximum atomic E-state index is 12.3. The molecule has 1 fully saturated rings. The number of hydrogen-bond acceptors (Lipinski definition) is 4. The highest BCUT2D eigenvalue weighted by Crippen LogP contribution is 2.23. The van der Waals surface area contributed by atoms with Gasteiger partial charge in [-0.25, -0.2) is 0 Å². The van der Waals surface area contributed by atoms with Crippen LogP contribution in [0.2, 0.25) is 5.02 Å². The van der Waals surface area contributed by atoms with Gasteiger partial charge in [-0.05, 0) is 12.5 Å². The van der Waals surface area contributed by atoms with Gasteiger partial charge in [0.05, 0.1) is 22.1 Å². The predicted molar refractivity (Wildman–Crippen MR) is 71.6 cm³/mol. The number of amides is 2. The molecule has 1 saturated heterocycles. The Morgan fingerprint density at radius 3 is 2.90 bits per heavy atom. The number of hydrogen-bond donors (Lipinski definition) is 1. The average Bonchev–Trinajstić information content (AvgIpc) is 2.63. The van der Waals surface area contributed by atoms with Gasteiger partial charge in [0.2, 0.25) is 5.91 Å². The summed E-state index contributed by atoms with van der Waals surface area (Å²) in [5, 5.41) is 13.5. The van der Waals surface area contributed by atoms with Crippen LogP contribution in [0.5, 0.6) is 0 Å². The van der Waals surface area contributed by atoms with Crippen LogP contribution in [0.4, 0.5) is 5.69 Å². The van der Waals surface area contributed by atoms with E-state index in [0.717, 1.165) is 6.07 Å². The molecule has 0 bridgehead atoms. The summed E-state index contributed by atoms with van der Waals surface area (Å²) in [4.78, 5) is 35.3. The summed E-state index contributed by atoms with van der Waals surface area (Å²) in [7, 11) is 0. The maximum absolute atomic E-state index is 12.3. The first-order valence-corrected chi connectivity index (χ1v) is 6.37. The van der Waals surface area contributed by atoms with Crippen LogP contribution in [0.15, 0.2) is 18.2 Å². The molecule has 1 aliphatic rings. The quantitative estimate of drug-likeness (QED) is 0.656. The van der Waals surface area contributed by atoms with Crippen molar-refractivity contribution in [1.82, 2.24) is 10.2 Å². The molecule has 0 unspecified atom stereocenters. The molecule has 0 radical (unpaired) electrons. The topological polar surface area (TPSA) is 92.5 Å². The molecule has 20 heavy (non-hydrogen) atoms. The van der Waals surface area contributed by atoms with Crippen molar-refractivity contribution in [2.24, 2.45) is 0 Å². The van der Waals surface area contributed by atoms with Gasteiger partial charge in [-0.2, -0.15) is 0 Å². The van der Waals surface area contributed by atoms with Gasteiger partial charge in [0.25, 0.3) is 11.6 Å². The summed E-state index contributed by atoms with van der Waals surface area (Å²) >= 11 is 5.92. The highest BCUT2D eigenvalue weighted by atomic mass is 35.5. The Bertz CT molecular complexity index is 576. The molecule has 1 heterocycles. The highest BCUT2D eigenvalue weighted by molar-refractivity contribution is 6.34. The third kappa shape index (κ3) is 3.05. The van der Waals surface area contributed by atoms with Crippen molar-refractivity contribution in [2.75, 3.05) is 19.6 Å². The molecule has 0 saturated carbocycles. The fraction of sp³-hybridized carbons (Fsp3) is 0.333. The number of carbonyl (C=O) groups excluding carboxylic acids is 2. The lowest BCUT2D eigenvalue weighted by Crippen LogP contribution is -2.37. The molecule has 1 aromatic rings. The number of halogens is 1. The first-order valence-electron chi connectivity index (χ1n) is 5.99. The van der Waals surface area contributed by atoms with E-state index < -0.39 is 10.8 Å². The molecule has 2 amide bonds. The summed E-state index contributed by atoms with van der Waals surface area (Å²) in [5.41, 5.74) is -0.174. The molecule has 0 aromatic heterocycles.